The molecule has 0 spiro atoms. The Hall–Kier alpha value is -0.920. The minimum atomic E-state index is -3.52. The van der Waals surface area contributed by atoms with E-state index in [1.54, 1.807) is 6.20 Å². The number of hydrogen-bond donors (Lipinski definition) is 3. The number of nitrogens with zero attached hydrogens (tertiary/aromatic N) is 1. The molecule has 2 saturated carbocycles. The van der Waals surface area contributed by atoms with Gasteiger partial charge in [-0.1, -0.05) is 13.8 Å². The van der Waals surface area contributed by atoms with Gasteiger partial charge in [0.05, 0.1) is 6.20 Å². The van der Waals surface area contributed by atoms with Crippen molar-refractivity contribution in [2.24, 2.45) is 11.8 Å². The molecule has 3 rings (SSSR count). The lowest BCUT2D eigenvalue weighted by Gasteiger charge is -2.19. The summed E-state index contributed by atoms with van der Waals surface area (Å²) in [6.07, 6.45) is 5.94. The fourth-order valence-corrected chi connectivity index (χ4v) is 4.48. The Morgan fingerprint density at radius 1 is 1.29 bits per heavy atom. The number of H-pyrrole nitrogens is 1. The molecule has 0 radical (unpaired) electrons. The lowest BCUT2D eigenvalue weighted by atomic mass is 9.98. The first kappa shape index (κ1) is 15.0. The molecule has 6 nitrogen and oxygen atoms in total. The van der Waals surface area contributed by atoms with Crippen LogP contribution in [-0.2, 0) is 16.6 Å². The van der Waals surface area contributed by atoms with E-state index in [2.05, 4.69) is 34.1 Å². The van der Waals surface area contributed by atoms with Crippen LogP contribution < -0.4 is 10.0 Å². The fraction of sp³-hybridized carbons (Fsp3) is 0.786. The van der Waals surface area contributed by atoms with Crippen molar-refractivity contribution in [3.8, 4) is 0 Å². The average Bonchev–Trinajstić information content (AvgIpc) is 3.06. The summed E-state index contributed by atoms with van der Waals surface area (Å²) in [6, 6.07) is 0.566. The molecule has 2 aliphatic carbocycles. The third-order valence-electron chi connectivity index (χ3n) is 4.88. The second-order valence-electron chi connectivity index (χ2n) is 6.52. The van der Waals surface area contributed by atoms with Gasteiger partial charge < -0.3 is 5.32 Å². The molecule has 21 heavy (non-hydrogen) atoms. The van der Waals surface area contributed by atoms with Gasteiger partial charge in [0.25, 0.3) is 10.0 Å². The highest BCUT2D eigenvalue weighted by atomic mass is 32.2. The molecule has 3 N–H and O–H groups in total. The van der Waals surface area contributed by atoms with Crippen molar-refractivity contribution in [1.29, 1.82) is 0 Å². The van der Waals surface area contributed by atoms with E-state index in [4.69, 9.17) is 0 Å². The number of rotatable bonds is 6. The summed E-state index contributed by atoms with van der Waals surface area (Å²) in [7, 11) is -3.52. The van der Waals surface area contributed by atoms with Crippen molar-refractivity contribution >= 4 is 10.0 Å². The Balaban J connectivity index is 1.70. The molecule has 3 unspecified atom stereocenters. The lowest BCUT2D eigenvalue weighted by Crippen LogP contribution is -2.38. The minimum Gasteiger partial charge on any atom is -0.310 e. The summed E-state index contributed by atoms with van der Waals surface area (Å²) in [5.74, 6) is 0.936. The van der Waals surface area contributed by atoms with Crippen LogP contribution in [0.25, 0.3) is 0 Å². The van der Waals surface area contributed by atoms with Crippen molar-refractivity contribution in [2.75, 3.05) is 0 Å². The smallest absolute Gasteiger partial charge is 0.258 e. The summed E-state index contributed by atoms with van der Waals surface area (Å²) in [6.45, 7) is 4.85. The largest absolute Gasteiger partial charge is 0.310 e. The van der Waals surface area contributed by atoms with Crippen LogP contribution >= 0.6 is 0 Å². The van der Waals surface area contributed by atoms with E-state index < -0.39 is 10.0 Å². The molecule has 2 fully saturated rings. The molecule has 118 valence electrons. The van der Waals surface area contributed by atoms with Crippen LogP contribution in [0.2, 0.25) is 0 Å². The molecular weight excluding hydrogens is 288 g/mol. The molecule has 3 atom stereocenters. The molecular formula is C14H24N4O2S. The quantitative estimate of drug-likeness (QED) is 0.740. The first-order chi connectivity index (χ1) is 9.97. The van der Waals surface area contributed by atoms with Gasteiger partial charge in [-0.3, -0.25) is 5.10 Å². The lowest BCUT2D eigenvalue weighted by molar-refractivity contribution is 0.401. The number of aromatic amines is 1. The van der Waals surface area contributed by atoms with E-state index in [0.29, 0.717) is 30.0 Å². The van der Waals surface area contributed by atoms with Crippen LogP contribution in [0, 0.1) is 11.8 Å². The first-order valence-electron chi connectivity index (χ1n) is 7.75. The third kappa shape index (κ3) is 3.30. The fourth-order valence-electron chi connectivity index (χ4n) is 2.99. The zero-order valence-electron chi connectivity index (χ0n) is 12.6. The standard InChI is InChI=1S/C14H24N4O2S/c1-9-3-6-13(10(9)2)18-21(19,20)14-11(8-16-17-14)7-15-12-4-5-12/h8-10,12-13,15,18H,3-7H2,1-2H3,(H,16,17). The van der Waals surface area contributed by atoms with Gasteiger partial charge in [0.2, 0.25) is 0 Å². The summed E-state index contributed by atoms with van der Waals surface area (Å²) >= 11 is 0. The van der Waals surface area contributed by atoms with E-state index in [1.807, 2.05) is 0 Å². The van der Waals surface area contributed by atoms with Crippen molar-refractivity contribution in [3.63, 3.8) is 0 Å². The van der Waals surface area contributed by atoms with Crippen LogP contribution in [0.4, 0.5) is 0 Å². The van der Waals surface area contributed by atoms with E-state index in [9.17, 15) is 8.42 Å². The number of nitrogens with one attached hydrogen (secondary N) is 3. The normalized spacial score (nSPS) is 29.9. The number of hydrogen-bond acceptors (Lipinski definition) is 4. The predicted molar refractivity (Wildman–Crippen MR) is 80.1 cm³/mol. The Morgan fingerprint density at radius 3 is 2.67 bits per heavy atom. The van der Waals surface area contributed by atoms with Crippen LogP contribution in [0.1, 0.15) is 45.1 Å². The van der Waals surface area contributed by atoms with Crippen LogP contribution in [0.5, 0.6) is 0 Å². The number of aromatic nitrogens is 2. The van der Waals surface area contributed by atoms with E-state index in [1.165, 1.54) is 12.8 Å². The van der Waals surface area contributed by atoms with Gasteiger partial charge in [0, 0.05) is 24.2 Å². The van der Waals surface area contributed by atoms with Crippen molar-refractivity contribution in [2.45, 2.75) is 63.2 Å². The third-order valence-corrected chi connectivity index (χ3v) is 6.38. The van der Waals surface area contributed by atoms with Crippen molar-refractivity contribution in [3.05, 3.63) is 11.8 Å². The highest BCUT2D eigenvalue weighted by Gasteiger charge is 2.34. The average molecular weight is 312 g/mol. The molecule has 0 aliphatic heterocycles. The second-order valence-corrected chi connectivity index (χ2v) is 8.17. The van der Waals surface area contributed by atoms with Crippen LogP contribution in [0.15, 0.2) is 11.2 Å². The van der Waals surface area contributed by atoms with E-state index >= 15 is 0 Å². The zero-order chi connectivity index (χ0) is 15.0. The summed E-state index contributed by atoms with van der Waals surface area (Å²) in [4.78, 5) is 0. The molecule has 0 aromatic carbocycles. The zero-order valence-corrected chi connectivity index (χ0v) is 13.4. The maximum atomic E-state index is 12.6. The molecule has 7 heteroatoms. The van der Waals surface area contributed by atoms with Gasteiger partial charge in [-0.2, -0.15) is 5.10 Å². The topological polar surface area (TPSA) is 86.9 Å². The van der Waals surface area contributed by atoms with Crippen molar-refractivity contribution in [1.82, 2.24) is 20.2 Å². The maximum absolute atomic E-state index is 12.6. The van der Waals surface area contributed by atoms with Gasteiger partial charge in [0.15, 0.2) is 5.03 Å². The van der Waals surface area contributed by atoms with Gasteiger partial charge >= 0.3 is 0 Å². The van der Waals surface area contributed by atoms with Gasteiger partial charge in [-0.25, -0.2) is 13.1 Å². The molecule has 0 bridgehead atoms. The molecule has 1 heterocycles. The monoisotopic (exact) mass is 312 g/mol. The van der Waals surface area contributed by atoms with E-state index in [0.717, 1.165) is 12.8 Å². The highest BCUT2D eigenvalue weighted by molar-refractivity contribution is 7.89. The summed E-state index contributed by atoms with van der Waals surface area (Å²) < 4.78 is 28.0. The van der Waals surface area contributed by atoms with Gasteiger partial charge in [-0.05, 0) is 37.5 Å². The molecule has 1 aromatic rings. The summed E-state index contributed by atoms with van der Waals surface area (Å²) in [5, 5.41) is 10.1. The first-order valence-corrected chi connectivity index (χ1v) is 9.23. The molecule has 0 amide bonds. The Morgan fingerprint density at radius 2 is 2.05 bits per heavy atom. The Labute approximate surface area is 126 Å². The Kier molecular flexibility index (Phi) is 4.07. The Bertz CT molecular complexity index is 594. The number of sulfonamides is 1. The van der Waals surface area contributed by atoms with E-state index in [-0.39, 0.29) is 11.1 Å². The second kappa shape index (κ2) is 5.70. The van der Waals surface area contributed by atoms with Crippen LogP contribution in [-0.4, -0.2) is 30.7 Å². The van der Waals surface area contributed by atoms with Crippen LogP contribution in [0.3, 0.4) is 0 Å². The molecule has 1 aromatic heterocycles. The highest BCUT2D eigenvalue weighted by Crippen LogP contribution is 2.32. The molecule has 2 aliphatic rings. The minimum absolute atomic E-state index is 0.0255. The van der Waals surface area contributed by atoms with Gasteiger partial charge in [0.1, 0.15) is 0 Å². The summed E-state index contributed by atoms with van der Waals surface area (Å²) in [5.41, 5.74) is 0.716. The predicted octanol–water partition coefficient (Wildman–Crippen LogP) is 1.37. The van der Waals surface area contributed by atoms with Gasteiger partial charge in [-0.15, -0.1) is 0 Å². The van der Waals surface area contributed by atoms with Crippen molar-refractivity contribution < 1.29 is 8.42 Å². The SMILES string of the molecule is CC1CCC(NS(=O)(=O)c2[nH]ncc2CNC2CC2)C1C. The maximum Gasteiger partial charge on any atom is 0.258 e. The molecule has 0 saturated heterocycles.